The highest BCUT2D eigenvalue weighted by Gasteiger charge is 2.30. The minimum absolute atomic E-state index is 0.0998. The maximum Gasteiger partial charge on any atom is 0.416 e. The summed E-state index contributed by atoms with van der Waals surface area (Å²) in [6, 6.07) is 10.8. The molecule has 0 atom stereocenters. The number of hydrogen-bond donors (Lipinski definition) is 1. The van der Waals surface area contributed by atoms with Crippen molar-refractivity contribution < 1.29 is 27.8 Å². The Morgan fingerprint density at radius 1 is 1.10 bits per heavy atom. The van der Waals surface area contributed by atoms with E-state index in [4.69, 9.17) is 9.84 Å². The Labute approximate surface area is 182 Å². The van der Waals surface area contributed by atoms with Crippen LogP contribution >= 0.6 is 11.3 Å². The number of nitrogens with zero attached hydrogens (tertiary/aromatic N) is 1. The van der Waals surface area contributed by atoms with Crippen LogP contribution in [-0.2, 0) is 35.3 Å². The fourth-order valence-corrected chi connectivity index (χ4v) is 4.12. The number of thiazole rings is 1. The van der Waals surface area contributed by atoms with Crippen LogP contribution in [-0.4, -0.2) is 16.1 Å². The van der Waals surface area contributed by atoms with E-state index < -0.39 is 17.7 Å². The van der Waals surface area contributed by atoms with Gasteiger partial charge < -0.3 is 9.84 Å². The van der Waals surface area contributed by atoms with Gasteiger partial charge in [-0.1, -0.05) is 30.3 Å². The minimum atomic E-state index is -4.36. The van der Waals surface area contributed by atoms with Gasteiger partial charge in [-0.15, -0.1) is 11.3 Å². The third-order valence-electron chi connectivity index (χ3n) is 4.87. The monoisotopic (exact) mass is 449 g/mol. The molecule has 0 spiro atoms. The first-order valence-corrected chi connectivity index (χ1v) is 10.5. The van der Waals surface area contributed by atoms with Gasteiger partial charge in [0.25, 0.3) is 0 Å². The molecule has 0 saturated carbocycles. The minimum Gasteiger partial charge on any atom is -0.481 e. The standard InChI is InChI=1S/C23H22F3NO3S/c1-14-11-16(3-4-17(14)7-10-21(28)29)12-30-13-20-15(2)27-22(31-20)18-5-8-19(9-6-18)23(24,25)26/h3-6,8-9,11H,7,10,12-13H2,1-2H3,(H,28,29). The van der Waals surface area contributed by atoms with Gasteiger partial charge in [0.05, 0.1) is 29.3 Å². The number of halogens is 3. The zero-order valence-electron chi connectivity index (χ0n) is 17.1. The largest absolute Gasteiger partial charge is 0.481 e. The zero-order valence-corrected chi connectivity index (χ0v) is 17.9. The van der Waals surface area contributed by atoms with E-state index in [1.165, 1.54) is 23.5 Å². The highest BCUT2D eigenvalue weighted by atomic mass is 32.1. The quantitative estimate of drug-likeness (QED) is 0.446. The number of benzene rings is 2. The van der Waals surface area contributed by atoms with E-state index in [1.54, 1.807) is 0 Å². The SMILES string of the molecule is Cc1cc(COCc2sc(-c3ccc(C(F)(F)F)cc3)nc2C)ccc1CCC(=O)O. The van der Waals surface area contributed by atoms with Crippen LogP contribution in [0.25, 0.3) is 10.6 Å². The molecule has 0 saturated heterocycles. The summed E-state index contributed by atoms with van der Waals surface area (Å²) in [5.41, 5.74) is 3.77. The normalized spacial score (nSPS) is 11.6. The predicted octanol–water partition coefficient (Wildman–Crippen LogP) is 6.18. The molecule has 0 aliphatic carbocycles. The van der Waals surface area contributed by atoms with Crippen molar-refractivity contribution in [3.05, 3.63) is 75.3 Å². The van der Waals surface area contributed by atoms with E-state index in [0.717, 1.165) is 39.4 Å². The summed E-state index contributed by atoms with van der Waals surface area (Å²) in [5, 5.41) is 9.47. The van der Waals surface area contributed by atoms with Crippen molar-refractivity contribution in [3.8, 4) is 10.6 Å². The average Bonchev–Trinajstić information content (AvgIpc) is 3.07. The lowest BCUT2D eigenvalue weighted by Crippen LogP contribution is -2.03. The van der Waals surface area contributed by atoms with Crippen LogP contribution in [0.4, 0.5) is 13.2 Å². The number of alkyl halides is 3. The van der Waals surface area contributed by atoms with Gasteiger partial charge in [0.2, 0.25) is 0 Å². The Morgan fingerprint density at radius 2 is 1.81 bits per heavy atom. The zero-order chi connectivity index (χ0) is 22.6. The van der Waals surface area contributed by atoms with Gasteiger partial charge in [0, 0.05) is 12.0 Å². The number of ether oxygens (including phenoxy) is 1. The number of aliphatic carboxylic acids is 1. The molecule has 1 aromatic heterocycles. The van der Waals surface area contributed by atoms with Crippen LogP contribution in [0.1, 0.15) is 39.2 Å². The molecule has 0 aliphatic heterocycles. The summed E-state index contributed by atoms with van der Waals surface area (Å²) in [7, 11) is 0. The topological polar surface area (TPSA) is 59.4 Å². The number of aromatic nitrogens is 1. The Bertz CT molecular complexity index is 1060. The van der Waals surface area contributed by atoms with E-state index in [1.807, 2.05) is 32.0 Å². The molecule has 164 valence electrons. The highest BCUT2D eigenvalue weighted by molar-refractivity contribution is 7.15. The molecule has 4 nitrogen and oxygen atoms in total. The summed E-state index contributed by atoms with van der Waals surface area (Å²) >= 11 is 1.40. The Kier molecular flexibility index (Phi) is 7.12. The van der Waals surface area contributed by atoms with Crippen LogP contribution in [0.15, 0.2) is 42.5 Å². The second kappa shape index (κ2) is 9.62. The number of carboxylic acid groups (broad SMARTS) is 1. The molecule has 0 fully saturated rings. The second-order valence-electron chi connectivity index (χ2n) is 7.25. The fourth-order valence-electron chi connectivity index (χ4n) is 3.12. The molecular formula is C23H22F3NO3S. The Morgan fingerprint density at radius 3 is 2.42 bits per heavy atom. The lowest BCUT2D eigenvalue weighted by Gasteiger charge is -2.08. The van der Waals surface area contributed by atoms with Crippen molar-refractivity contribution in [1.82, 2.24) is 4.98 Å². The smallest absolute Gasteiger partial charge is 0.416 e. The number of hydrogen-bond acceptors (Lipinski definition) is 4. The summed E-state index contributed by atoms with van der Waals surface area (Å²) in [6.07, 6.45) is -3.76. The summed E-state index contributed by atoms with van der Waals surface area (Å²) in [4.78, 5) is 16.1. The number of carboxylic acids is 1. The van der Waals surface area contributed by atoms with Gasteiger partial charge in [0.15, 0.2) is 0 Å². The molecule has 1 N–H and O–H groups in total. The van der Waals surface area contributed by atoms with E-state index in [-0.39, 0.29) is 6.42 Å². The molecule has 2 aromatic carbocycles. The summed E-state index contributed by atoms with van der Waals surface area (Å²) in [6.45, 7) is 4.55. The molecular weight excluding hydrogens is 427 g/mol. The van der Waals surface area contributed by atoms with Crippen LogP contribution in [0, 0.1) is 13.8 Å². The number of carbonyl (C=O) groups is 1. The van der Waals surface area contributed by atoms with Gasteiger partial charge in [-0.2, -0.15) is 13.2 Å². The van der Waals surface area contributed by atoms with Crippen molar-refractivity contribution >= 4 is 17.3 Å². The number of rotatable bonds is 8. The van der Waals surface area contributed by atoms with Crippen molar-refractivity contribution in [2.45, 2.75) is 46.1 Å². The van der Waals surface area contributed by atoms with Crippen molar-refractivity contribution in [2.24, 2.45) is 0 Å². The lowest BCUT2D eigenvalue weighted by molar-refractivity contribution is -0.138. The highest BCUT2D eigenvalue weighted by Crippen LogP contribution is 2.33. The molecule has 1 heterocycles. The summed E-state index contributed by atoms with van der Waals surface area (Å²) < 4.78 is 44.0. The van der Waals surface area contributed by atoms with Crippen LogP contribution < -0.4 is 0 Å². The average molecular weight is 449 g/mol. The number of aryl methyl sites for hydroxylation is 3. The fraction of sp³-hybridized carbons (Fsp3) is 0.304. The van der Waals surface area contributed by atoms with Crippen LogP contribution in [0.5, 0.6) is 0 Å². The lowest BCUT2D eigenvalue weighted by atomic mass is 10.0. The van der Waals surface area contributed by atoms with Crippen molar-refractivity contribution in [3.63, 3.8) is 0 Å². The third-order valence-corrected chi connectivity index (χ3v) is 6.05. The first kappa shape index (κ1) is 23.0. The molecule has 8 heteroatoms. The molecule has 0 amide bonds. The third kappa shape index (κ3) is 6.15. The first-order valence-electron chi connectivity index (χ1n) is 9.65. The summed E-state index contributed by atoms with van der Waals surface area (Å²) in [5.74, 6) is -0.817. The Balaban J connectivity index is 1.60. The maximum atomic E-state index is 12.7. The van der Waals surface area contributed by atoms with E-state index in [2.05, 4.69) is 4.98 Å². The maximum absolute atomic E-state index is 12.7. The second-order valence-corrected chi connectivity index (χ2v) is 8.33. The van der Waals surface area contributed by atoms with Crippen LogP contribution in [0.2, 0.25) is 0 Å². The van der Waals surface area contributed by atoms with Crippen molar-refractivity contribution in [1.29, 1.82) is 0 Å². The Hall–Kier alpha value is -2.71. The van der Waals surface area contributed by atoms with Gasteiger partial charge in [-0.05, 0) is 49.1 Å². The van der Waals surface area contributed by atoms with E-state index in [0.29, 0.717) is 30.2 Å². The first-order chi connectivity index (χ1) is 14.6. The van der Waals surface area contributed by atoms with E-state index >= 15 is 0 Å². The molecule has 31 heavy (non-hydrogen) atoms. The predicted molar refractivity (Wildman–Crippen MR) is 113 cm³/mol. The molecule has 0 unspecified atom stereocenters. The molecule has 0 aliphatic rings. The van der Waals surface area contributed by atoms with Gasteiger partial charge >= 0.3 is 12.1 Å². The van der Waals surface area contributed by atoms with Gasteiger partial charge in [0.1, 0.15) is 5.01 Å². The molecule has 3 aromatic rings. The van der Waals surface area contributed by atoms with E-state index in [9.17, 15) is 18.0 Å². The molecule has 3 rings (SSSR count). The van der Waals surface area contributed by atoms with Crippen LogP contribution in [0.3, 0.4) is 0 Å². The molecule has 0 radical (unpaired) electrons. The van der Waals surface area contributed by atoms with Gasteiger partial charge in [-0.25, -0.2) is 4.98 Å². The van der Waals surface area contributed by atoms with Crippen molar-refractivity contribution in [2.75, 3.05) is 0 Å². The van der Waals surface area contributed by atoms with Gasteiger partial charge in [-0.3, -0.25) is 4.79 Å². The molecule has 0 bridgehead atoms.